The van der Waals surface area contributed by atoms with Gasteiger partial charge in [-0.25, -0.2) is 0 Å². The van der Waals surface area contributed by atoms with Crippen molar-refractivity contribution in [3.8, 4) is 5.75 Å². The van der Waals surface area contributed by atoms with Gasteiger partial charge in [0.05, 0.1) is 13.0 Å². The van der Waals surface area contributed by atoms with Crippen LogP contribution >= 0.6 is 11.8 Å². The van der Waals surface area contributed by atoms with Crippen LogP contribution in [0.15, 0.2) is 53.4 Å². The number of thioether (sulfide) groups is 1. The summed E-state index contributed by atoms with van der Waals surface area (Å²) in [6.45, 7) is 2.26. The van der Waals surface area contributed by atoms with Crippen LogP contribution in [0.4, 0.5) is 14.5 Å². The van der Waals surface area contributed by atoms with Gasteiger partial charge in [-0.2, -0.15) is 8.78 Å². The van der Waals surface area contributed by atoms with E-state index < -0.39 is 5.76 Å². The number of hydrogen-bond donors (Lipinski definition) is 1. The summed E-state index contributed by atoms with van der Waals surface area (Å²) in [6.07, 6.45) is 0.210. The summed E-state index contributed by atoms with van der Waals surface area (Å²) in [5.41, 5.74) is 1.72. The zero-order valence-electron chi connectivity index (χ0n) is 12.6. The summed E-state index contributed by atoms with van der Waals surface area (Å²) in [4.78, 5) is 12.3. The molecule has 2 rings (SSSR count). The number of halogens is 2. The second-order valence-corrected chi connectivity index (χ2v) is 5.93. The lowest BCUT2D eigenvalue weighted by molar-refractivity contribution is -0.116. The van der Waals surface area contributed by atoms with Crippen molar-refractivity contribution in [1.29, 1.82) is 0 Å². The maximum atomic E-state index is 12.2. The highest BCUT2D eigenvalue weighted by molar-refractivity contribution is 7.99. The molecule has 0 unspecified atom stereocenters. The molecule has 0 aliphatic rings. The molecule has 1 amide bonds. The Labute approximate surface area is 138 Å². The largest absolute Gasteiger partial charge is 0.493 e. The molecule has 2 aromatic carbocycles. The quantitative estimate of drug-likeness (QED) is 0.743. The monoisotopic (exact) mass is 337 g/mol. The normalized spacial score (nSPS) is 10.6. The number of carbonyl (C=O) groups is 1. The molecule has 1 N–H and O–H groups in total. The van der Waals surface area contributed by atoms with Gasteiger partial charge in [0, 0.05) is 10.6 Å². The van der Waals surface area contributed by atoms with Crippen molar-refractivity contribution in [2.75, 3.05) is 11.9 Å². The lowest BCUT2D eigenvalue weighted by Crippen LogP contribution is -2.15. The molecule has 0 aromatic heterocycles. The van der Waals surface area contributed by atoms with Crippen LogP contribution in [0.2, 0.25) is 0 Å². The van der Waals surface area contributed by atoms with Gasteiger partial charge >= 0.3 is 0 Å². The van der Waals surface area contributed by atoms with E-state index in [4.69, 9.17) is 4.74 Å². The van der Waals surface area contributed by atoms with Gasteiger partial charge in [0.1, 0.15) is 5.75 Å². The highest BCUT2D eigenvalue weighted by Gasteiger charge is 2.06. The minimum absolute atomic E-state index is 0.189. The van der Waals surface area contributed by atoms with Crippen molar-refractivity contribution in [2.24, 2.45) is 0 Å². The number of rotatable bonds is 7. The molecule has 122 valence electrons. The van der Waals surface area contributed by atoms with E-state index in [1.807, 2.05) is 31.2 Å². The standard InChI is InChI=1S/C17H17F2NO2S/c1-12-2-6-14(7-3-12)22-11-10-16(21)20-13-4-8-15(9-5-13)23-17(18)19/h2-9,17H,10-11H2,1H3,(H,20,21). The molecular formula is C17H17F2NO2S. The number of hydrogen-bond acceptors (Lipinski definition) is 3. The number of aryl methyl sites for hydroxylation is 1. The third-order valence-corrected chi connectivity index (χ3v) is 3.70. The molecule has 0 heterocycles. The lowest BCUT2D eigenvalue weighted by Gasteiger charge is -2.08. The van der Waals surface area contributed by atoms with Crippen molar-refractivity contribution >= 4 is 23.4 Å². The van der Waals surface area contributed by atoms with Crippen LogP contribution in [0.1, 0.15) is 12.0 Å². The van der Waals surface area contributed by atoms with Crippen molar-refractivity contribution in [3.63, 3.8) is 0 Å². The number of amides is 1. The molecule has 0 saturated carbocycles. The molecule has 23 heavy (non-hydrogen) atoms. The van der Waals surface area contributed by atoms with Gasteiger partial charge in [-0.1, -0.05) is 29.5 Å². The van der Waals surface area contributed by atoms with Gasteiger partial charge < -0.3 is 10.1 Å². The van der Waals surface area contributed by atoms with Gasteiger partial charge in [-0.15, -0.1) is 0 Å². The van der Waals surface area contributed by atoms with Crippen LogP contribution < -0.4 is 10.1 Å². The Bertz CT molecular complexity index is 630. The number of nitrogens with one attached hydrogen (secondary N) is 1. The number of ether oxygens (including phenoxy) is 1. The van der Waals surface area contributed by atoms with E-state index in [0.29, 0.717) is 22.3 Å². The highest BCUT2D eigenvalue weighted by Crippen LogP contribution is 2.26. The second-order valence-electron chi connectivity index (χ2n) is 4.86. The van der Waals surface area contributed by atoms with E-state index in [1.54, 1.807) is 24.3 Å². The molecule has 6 heteroatoms. The van der Waals surface area contributed by atoms with Crippen molar-refractivity contribution in [1.82, 2.24) is 0 Å². The predicted octanol–water partition coefficient (Wildman–Crippen LogP) is 4.72. The van der Waals surface area contributed by atoms with Gasteiger partial charge in [0.25, 0.3) is 5.76 Å². The molecule has 0 radical (unpaired) electrons. The minimum Gasteiger partial charge on any atom is -0.493 e. The topological polar surface area (TPSA) is 38.3 Å². The lowest BCUT2D eigenvalue weighted by atomic mass is 10.2. The van der Waals surface area contributed by atoms with Crippen LogP contribution in [0.5, 0.6) is 5.75 Å². The van der Waals surface area contributed by atoms with Crippen molar-refractivity contribution in [3.05, 3.63) is 54.1 Å². The SMILES string of the molecule is Cc1ccc(OCCC(=O)Nc2ccc(SC(F)F)cc2)cc1. The Morgan fingerprint density at radius 3 is 2.39 bits per heavy atom. The average molecular weight is 337 g/mol. The second kappa shape index (κ2) is 8.53. The maximum Gasteiger partial charge on any atom is 0.288 e. The number of carbonyl (C=O) groups excluding carboxylic acids is 1. The average Bonchev–Trinajstić information content (AvgIpc) is 2.51. The first kappa shape index (κ1) is 17.3. The van der Waals surface area contributed by atoms with Gasteiger partial charge in [-0.3, -0.25) is 4.79 Å². The van der Waals surface area contributed by atoms with Crippen LogP contribution in [-0.2, 0) is 4.79 Å². The molecule has 0 aliphatic heterocycles. The molecule has 3 nitrogen and oxygen atoms in total. The van der Waals surface area contributed by atoms with Crippen LogP contribution in [0.3, 0.4) is 0 Å². The molecule has 0 aliphatic carbocycles. The van der Waals surface area contributed by atoms with Gasteiger partial charge in [0.2, 0.25) is 5.91 Å². The summed E-state index contributed by atoms with van der Waals surface area (Å²) >= 11 is 0.472. The van der Waals surface area contributed by atoms with E-state index in [0.717, 1.165) is 11.3 Å². The summed E-state index contributed by atoms with van der Waals surface area (Å²) in [7, 11) is 0. The van der Waals surface area contributed by atoms with Crippen LogP contribution in [0, 0.1) is 6.92 Å². The van der Waals surface area contributed by atoms with E-state index in [9.17, 15) is 13.6 Å². The highest BCUT2D eigenvalue weighted by atomic mass is 32.2. The Balaban J connectivity index is 1.75. The van der Waals surface area contributed by atoms with E-state index in [1.165, 1.54) is 0 Å². The zero-order valence-corrected chi connectivity index (χ0v) is 13.4. The number of alkyl halides is 2. The predicted molar refractivity (Wildman–Crippen MR) is 88.2 cm³/mol. The first-order valence-electron chi connectivity index (χ1n) is 7.07. The fraction of sp³-hybridized carbons (Fsp3) is 0.235. The van der Waals surface area contributed by atoms with Crippen molar-refractivity contribution in [2.45, 2.75) is 24.0 Å². The maximum absolute atomic E-state index is 12.2. The van der Waals surface area contributed by atoms with E-state index in [2.05, 4.69) is 5.32 Å². The first-order valence-corrected chi connectivity index (χ1v) is 7.95. The van der Waals surface area contributed by atoms with Gasteiger partial charge in [-0.05, 0) is 43.3 Å². The summed E-state index contributed by atoms with van der Waals surface area (Å²) in [6, 6.07) is 13.9. The molecule has 0 bridgehead atoms. The molecular weight excluding hydrogens is 320 g/mol. The Hall–Kier alpha value is -2.08. The van der Waals surface area contributed by atoms with Crippen molar-refractivity contribution < 1.29 is 18.3 Å². The van der Waals surface area contributed by atoms with E-state index >= 15 is 0 Å². The first-order chi connectivity index (χ1) is 11.0. The smallest absolute Gasteiger partial charge is 0.288 e. The molecule has 2 aromatic rings. The fourth-order valence-electron chi connectivity index (χ4n) is 1.84. The summed E-state index contributed by atoms with van der Waals surface area (Å²) < 4.78 is 29.9. The number of anilines is 1. The third kappa shape index (κ3) is 6.28. The number of benzene rings is 2. The summed E-state index contributed by atoms with van der Waals surface area (Å²) in [5, 5.41) is 2.70. The minimum atomic E-state index is -2.45. The van der Waals surface area contributed by atoms with E-state index in [-0.39, 0.29) is 18.9 Å². The molecule has 0 saturated heterocycles. The van der Waals surface area contributed by atoms with Gasteiger partial charge in [0.15, 0.2) is 0 Å². The van der Waals surface area contributed by atoms with Crippen LogP contribution in [0.25, 0.3) is 0 Å². The zero-order chi connectivity index (χ0) is 16.7. The molecule has 0 fully saturated rings. The Kier molecular flexibility index (Phi) is 6.40. The van der Waals surface area contributed by atoms with Crippen LogP contribution in [-0.4, -0.2) is 18.3 Å². The third-order valence-electron chi connectivity index (χ3n) is 2.98. The molecule has 0 spiro atoms. The summed E-state index contributed by atoms with van der Waals surface area (Å²) in [5.74, 6) is -1.92. The Morgan fingerprint density at radius 1 is 1.13 bits per heavy atom. The fourth-order valence-corrected chi connectivity index (χ4v) is 2.34. The Morgan fingerprint density at radius 2 is 1.78 bits per heavy atom. The molecule has 0 atom stereocenters.